The van der Waals surface area contributed by atoms with Crippen LogP contribution in [0.4, 0.5) is 4.39 Å². The zero-order valence-corrected chi connectivity index (χ0v) is 12.7. The SMILES string of the molecule is CCN(C(C)COC)S(=O)(=O)c1cc(F)ccc1CO. The van der Waals surface area contributed by atoms with Gasteiger partial charge in [-0.1, -0.05) is 13.0 Å². The Kier molecular flexibility index (Phi) is 6.07. The number of halogens is 1. The van der Waals surface area contributed by atoms with E-state index in [1.165, 1.54) is 17.5 Å². The molecule has 1 rings (SSSR count). The second kappa shape index (κ2) is 7.12. The molecular weight excluding hydrogens is 285 g/mol. The lowest BCUT2D eigenvalue weighted by molar-refractivity contribution is 0.142. The number of aliphatic hydroxyl groups excluding tert-OH is 1. The highest BCUT2D eigenvalue weighted by Gasteiger charge is 2.29. The average Bonchev–Trinajstić information content (AvgIpc) is 2.39. The first kappa shape index (κ1) is 17.0. The molecule has 0 saturated heterocycles. The van der Waals surface area contributed by atoms with Gasteiger partial charge in [-0.2, -0.15) is 4.31 Å². The molecule has 1 unspecified atom stereocenters. The lowest BCUT2D eigenvalue weighted by Gasteiger charge is -2.27. The lowest BCUT2D eigenvalue weighted by Crippen LogP contribution is -2.41. The molecule has 0 spiro atoms. The minimum atomic E-state index is -3.88. The zero-order valence-electron chi connectivity index (χ0n) is 11.8. The van der Waals surface area contributed by atoms with Crippen molar-refractivity contribution in [3.05, 3.63) is 29.6 Å². The highest BCUT2D eigenvalue weighted by atomic mass is 32.2. The maximum absolute atomic E-state index is 13.3. The fraction of sp³-hybridized carbons (Fsp3) is 0.538. The number of likely N-dealkylation sites (N-methyl/N-ethyl adjacent to an activating group) is 1. The van der Waals surface area contributed by atoms with Gasteiger partial charge in [-0.05, 0) is 24.6 Å². The summed E-state index contributed by atoms with van der Waals surface area (Å²) in [5, 5.41) is 9.24. The van der Waals surface area contributed by atoms with Gasteiger partial charge in [0.05, 0.1) is 18.1 Å². The molecule has 1 atom stereocenters. The predicted molar refractivity (Wildman–Crippen MR) is 73.2 cm³/mol. The molecule has 0 amide bonds. The van der Waals surface area contributed by atoms with E-state index in [2.05, 4.69) is 0 Å². The Bertz CT molecular complexity index is 547. The number of benzene rings is 1. The van der Waals surface area contributed by atoms with Crippen molar-refractivity contribution in [1.29, 1.82) is 0 Å². The van der Waals surface area contributed by atoms with Crippen molar-refractivity contribution in [2.45, 2.75) is 31.4 Å². The van der Waals surface area contributed by atoms with Crippen LogP contribution < -0.4 is 0 Å². The number of hydrogen-bond acceptors (Lipinski definition) is 4. The predicted octanol–water partition coefficient (Wildman–Crippen LogP) is 1.36. The number of nitrogens with zero attached hydrogens (tertiary/aromatic N) is 1. The molecule has 0 fully saturated rings. The number of hydrogen-bond donors (Lipinski definition) is 1. The second-order valence-corrected chi connectivity index (χ2v) is 6.28. The molecule has 0 heterocycles. The van der Waals surface area contributed by atoms with Crippen LogP contribution in [-0.4, -0.2) is 44.1 Å². The monoisotopic (exact) mass is 305 g/mol. The molecule has 0 radical (unpaired) electrons. The minimum absolute atomic E-state index is 0.175. The molecule has 0 aliphatic heterocycles. The van der Waals surface area contributed by atoms with E-state index in [-0.39, 0.29) is 29.7 Å². The summed E-state index contributed by atoms with van der Waals surface area (Å²) >= 11 is 0. The normalized spacial score (nSPS) is 13.7. The highest BCUT2D eigenvalue weighted by Crippen LogP contribution is 2.23. The van der Waals surface area contributed by atoms with Crippen LogP contribution in [0.15, 0.2) is 23.1 Å². The molecule has 0 aliphatic carbocycles. The smallest absolute Gasteiger partial charge is 0.243 e. The molecule has 1 aromatic carbocycles. The average molecular weight is 305 g/mol. The van der Waals surface area contributed by atoms with Gasteiger partial charge in [0.15, 0.2) is 0 Å². The van der Waals surface area contributed by atoms with E-state index < -0.39 is 22.4 Å². The topological polar surface area (TPSA) is 66.8 Å². The number of ether oxygens (including phenoxy) is 1. The lowest BCUT2D eigenvalue weighted by atomic mass is 10.2. The zero-order chi connectivity index (χ0) is 15.3. The van der Waals surface area contributed by atoms with Gasteiger partial charge in [0.1, 0.15) is 5.82 Å². The van der Waals surface area contributed by atoms with Crippen molar-refractivity contribution in [2.75, 3.05) is 20.3 Å². The second-order valence-electron chi connectivity index (χ2n) is 4.42. The van der Waals surface area contributed by atoms with Gasteiger partial charge in [-0.15, -0.1) is 0 Å². The van der Waals surface area contributed by atoms with Crippen LogP contribution in [0.25, 0.3) is 0 Å². The van der Waals surface area contributed by atoms with Crippen molar-refractivity contribution < 1.29 is 22.7 Å². The maximum atomic E-state index is 13.3. The summed E-state index contributed by atoms with van der Waals surface area (Å²) in [5.41, 5.74) is 0.175. The number of rotatable bonds is 7. The van der Waals surface area contributed by atoms with Gasteiger partial charge < -0.3 is 9.84 Å². The van der Waals surface area contributed by atoms with Gasteiger partial charge in [0, 0.05) is 19.7 Å². The summed E-state index contributed by atoms with van der Waals surface area (Å²) in [6, 6.07) is 2.95. The summed E-state index contributed by atoms with van der Waals surface area (Å²) < 4.78 is 44.7. The fourth-order valence-electron chi connectivity index (χ4n) is 2.07. The summed E-state index contributed by atoms with van der Waals surface area (Å²) in [6.45, 7) is 3.40. The van der Waals surface area contributed by atoms with Crippen molar-refractivity contribution in [3.8, 4) is 0 Å². The van der Waals surface area contributed by atoms with E-state index >= 15 is 0 Å². The van der Waals surface area contributed by atoms with Gasteiger partial charge in [0.25, 0.3) is 0 Å². The molecule has 0 saturated carbocycles. The molecule has 20 heavy (non-hydrogen) atoms. The Morgan fingerprint density at radius 2 is 2.10 bits per heavy atom. The van der Waals surface area contributed by atoms with Crippen LogP contribution in [-0.2, 0) is 21.4 Å². The molecular formula is C13H20FNO4S. The summed E-state index contributed by atoms with van der Waals surface area (Å²) in [5.74, 6) is -0.656. The van der Waals surface area contributed by atoms with Crippen LogP contribution in [0.2, 0.25) is 0 Å². The summed E-state index contributed by atoms with van der Waals surface area (Å²) in [6.07, 6.45) is 0. The first-order chi connectivity index (χ1) is 9.38. The number of sulfonamides is 1. The summed E-state index contributed by atoms with van der Waals surface area (Å²) in [7, 11) is -2.40. The standard InChI is InChI=1S/C13H20FNO4S/c1-4-15(10(2)9-19-3)20(17,18)13-7-12(14)6-5-11(13)8-16/h5-7,10,16H,4,8-9H2,1-3H3. The third kappa shape index (κ3) is 3.54. The molecule has 0 aliphatic rings. The van der Waals surface area contributed by atoms with Crippen molar-refractivity contribution in [3.63, 3.8) is 0 Å². The van der Waals surface area contributed by atoms with E-state index in [4.69, 9.17) is 4.74 Å². The van der Waals surface area contributed by atoms with E-state index in [0.29, 0.717) is 0 Å². The molecule has 7 heteroatoms. The Morgan fingerprint density at radius 3 is 2.60 bits per heavy atom. The van der Waals surface area contributed by atoms with Gasteiger partial charge in [0.2, 0.25) is 10.0 Å². The Morgan fingerprint density at radius 1 is 1.45 bits per heavy atom. The van der Waals surface area contributed by atoms with Crippen LogP contribution in [0.3, 0.4) is 0 Å². The first-order valence-corrected chi connectivity index (χ1v) is 7.72. The van der Waals surface area contributed by atoms with Gasteiger partial charge in [-0.3, -0.25) is 0 Å². The Balaban J connectivity index is 3.30. The van der Waals surface area contributed by atoms with Crippen molar-refractivity contribution in [1.82, 2.24) is 4.31 Å². The molecule has 114 valence electrons. The van der Waals surface area contributed by atoms with Gasteiger partial charge >= 0.3 is 0 Å². The molecule has 0 bridgehead atoms. The maximum Gasteiger partial charge on any atom is 0.243 e. The third-order valence-corrected chi connectivity index (χ3v) is 5.17. The largest absolute Gasteiger partial charge is 0.392 e. The van der Waals surface area contributed by atoms with E-state index in [0.717, 1.165) is 12.1 Å². The summed E-state index contributed by atoms with van der Waals surface area (Å²) in [4.78, 5) is -0.204. The minimum Gasteiger partial charge on any atom is -0.392 e. The Labute approximate surface area is 119 Å². The number of methoxy groups -OCH3 is 1. The molecule has 1 N–H and O–H groups in total. The third-order valence-electron chi connectivity index (χ3n) is 3.00. The highest BCUT2D eigenvalue weighted by molar-refractivity contribution is 7.89. The van der Waals surface area contributed by atoms with Crippen molar-refractivity contribution in [2.24, 2.45) is 0 Å². The molecule has 0 aromatic heterocycles. The van der Waals surface area contributed by atoms with Crippen molar-refractivity contribution >= 4 is 10.0 Å². The number of aliphatic hydroxyl groups is 1. The van der Waals surface area contributed by atoms with Gasteiger partial charge in [-0.25, -0.2) is 12.8 Å². The van der Waals surface area contributed by atoms with E-state index in [1.54, 1.807) is 13.8 Å². The van der Waals surface area contributed by atoms with E-state index in [9.17, 15) is 17.9 Å². The molecule has 1 aromatic rings. The molecule has 5 nitrogen and oxygen atoms in total. The Hall–Kier alpha value is -1.02. The van der Waals surface area contributed by atoms with Crippen LogP contribution in [0.1, 0.15) is 19.4 Å². The van der Waals surface area contributed by atoms with Crippen LogP contribution in [0, 0.1) is 5.82 Å². The van der Waals surface area contributed by atoms with Crippen LogP contribution in [0.5, 0.6) is 0 Å². The first-order valence-electron chi connectivity index (χ1n) is 6.28. The quantitative estimate of drug-likeness (QED) is 0.826. The van der Waals surface area contributed by atoms with E-state index in [1.807, 2.05) is 0 Å². The van der Waals surface area contributed by atoms with Crippen LogP contribution >= 0.6 is 0 Å². The fourth-order valence-corrected chi connectivity index (χ4v) is 3.92.